The molecule has 1 aromatic rings. The third kappa shape index (κ3) is 3.92. The summed E-state index contributed by atoms with van der Waals surface area (Å²) in [6, 6.07) is 9.03. The van der Waals surface area contributed by atoms with E-state index >= 15 is 0 Å². The van der Waals surface area contributed by atoms with Gasteiger partial charge in [0.15, 0.2) is 0 Å². The third-order valence-electron chi connectivity index (χ3n) is 5.85. The average Bonchev–Trinajstić information content (AvgIpc) is 3.29. The summed E-state index contributed by atoms with van der Waals surface area (Å²) in [6.07, 6.45) is 7.52. The van der Waals surface area contributed by atoms with Gasteiger partial charge < -0.3 is 15.0 Å². The van der Waals surface area contributed by atoms with Gasteiger partial charge >= 0.3 is 6.03 Å². The number of rotatable bonds is 5. The maximum absolute atomic E-state index is 11.8. The van der Waals surface area contributed by atoms with Crippen LogP contribution in [0.5, 0.6) is 5.75 Å². The summed E-state index contributed by atoms with van der Waals surface area (Å²) in [5.74, 6) is 1.07. The van der Waals surface area contributed by atoms with Crippen LogP contribution >= 0.6 is 0 Å². The number of carbonyl (C=O) groups excluding carboxylic acids is 1. The van der Waals surface area contributed by atoms with E-state index in [2.05, 4.69) is 34.5 Å². The van der Waals surface area contributed by atoms with Crippen molar-refractivity contribution in [3.63, 3.8) is 0 Å². The minimum atomic E-state index is 0.119. The molecule has 0 spiro atoms. The zero-order valence-corrected chi connectivity index (χ0v) is 15.0. The zero-order valence-electron chi connectivity index (χ0n) is 15.0. The number of nitrogens with one attached hydrogen (secondary N) is 1. The fourth-order valence-electron chi connectivity index (χ4n) is 4.40. The predicted octanol–water partition coefficient (Wildman–Crippen LogP) is 3.00. The molecule has 1 aliphatic carbocycles. The van der Waals surface area contributed by atoms with Crippen LogP contribution in [0.15, 0.2) is 24.3 Å². The van der Waals surface area contributed by atoms with E-state index in [1.165, 1.54) is 31.2 Å². The van der Waals surface area contributed by atoms with Gasteiger partial charge in [-0.05, 0) is 44.6 Å². The molecule has 136 valence electrons. The fourth-order valence-corrected chi connectivity index (χ4v) is 4.40. The summed E-state index contributed by atoms with van der Waals surface area (Å²) in [6.45, 7) is 4.70. The molecule has 1 aromatic carbocycles. The van der Waals surface area contributed by atoms with Gasteiger partial charge in [0.25, 0.3) is 0 Å². The molecule has 5 heteroatoms. The third-order valence-corrected chi connectivity index (χ3v) is 5.85. The Morgan fingerprint density at radius 2 is 1.80 bits per heavy atom. The molecule has 3 aliphatic rings. The second-order valence-electron chi connectivity index (χ2n) is 7.56. The van der Waals surface area contributed by atoms with E-state index in [-0.39, 0.29) is 6.03 Å². The maximum Gasteiger partial charge on any atom is 0.317 e. The van der Waals surface area contributed by atoms with Crippen molar-refractivity contribution in [2.45, 2.75) is 57.2 Å². The largest absolute Gasteiger partial charge is 0.490 e. The first-order chi connectivity index (χ1) is 12.3. The number of likely N-dealkylation sites (tertiary alicyclic amines) is 1. The van der Waals surface area contributed by atoms with E-state index < -0.39 is 0 Å². The van der Waals surface area contributed by atoms with Crippen molar-refractivity contribution in [3.05, 3.63) is 29.8 Å². The number of urea groups is 1. The molecule has 3 fully saturated rings. The molecule has 2 amide bonds. The Morgan fingerprint density at radius 1 is 1.04 bits per heavy atom. The first-order valence-corrected chi connectivity index (χ1v) is 9.81. The molecule has 2 heterocycles. The summed E-state index contributed by atoms with van der Waals surface area (Å²) in [4.78, 5) is 16.4. The lowest BCUT2D eigenvalue weighted by molar-refractivity contribution is 0.130. The molecular formula is C20H29N3O2. The fraction of sp³-hybridized carbons (Fsp3) is 0.650. The lowest BCUT2D eigenvalue weighted by Gasteiger charge is -2.36. The molecule has 2 saturated heterocycles. The van der Waals surface area contributed by atoms with Crippen molar-refractivity contribution in [1.82, 2.24) is 15.1 Å². The van der Waals surface area contributed by atoms with Gasteiger partial charge in [0, 0.05) is 44.3 Å². The monoisotopic (exact) mass is 343 g/mol. The molecule has 0 atom stereocenters. The highest BCUT2D eigenvalue weighted by molar-refractivity contribution is 5.76. The number of para-hydroxylation sites is 1. The quantitative estimate of drug-likeness (QED) is 0.894. The number of hydrogen-bond donors (Lipinski definition) is 1. The van der Waals surface area contributed by atoms with Gasteiger partial charge in [-0.15, -0.1) is 0 Å². The summed E-state index contributed by atoms with van der Waals surface area (Å²) in [5, 5.41) is 2.92. The Morgan fingerprint density at radius 3 is 2.52 bits per heavy atom. The highest BCUT2D eigenvalue weighted by atomic mass is 16.5. The van der Waals surface area contributed by atoms with Gasteiger partial charge in [0.05, 0.1) is 6.10 Å². The van der Waals surface area contributed by atoms with Crippen LogP contribution in [0, 0.1) is 0 Å². The Kier molecular flexibility index (Phi) is 5.11. The highest BCUT2D eigenvalue weighted by Crippen LogP contribution is 2.28. The van der Waals surface area contributed by atoms with E-state index in [4.69, 9.17) is 4.74 Å². The van der Waals surface area contributed by atoms with Crippen LogP contribution in [-0.4, -0.2) is 54.2 Å². The Labute approximate surface area is 150 Å². The van der Waals surface area contributed by atoms with Crippen LogP contribution in [0.3, 0.4) is 0 Å². The minimum absolute atomic E-state index is 0.119. The second-order valence-corrected chi connectivity index (χ2v) is 7.56. The van der Waals surface area contributed by atoms with E-state index in [9.17, 15) is 4.79 Å². The molecule has 0 unspecified atom stereocenters. The Hall–Kier alpha value is -1.75. The number of hydrogen-bond acceptors (Lipinski definition) is 3. The molecule has 25 heavy (non-hydrogen) atoms. The summed E-state index contributed by atoms with van der Waals surface area (Å²) in [7, 11) is 0. The van der Waals surface area contributed by atoms with Gasteiger partial charge in [0.2, 0.25) is 0 Å². The van der Waals surface area contributed by atoms with Crippen LogP contribution in [0.1, 0.15) is 44.1 Å². The van der Waals surface area contributed by atoms with Gasteiger partial charge in [-0.1, -0.05) is 18.2 Å². The standard InChI is InChI=1S/C20H29N3O2/c24-20-21-11-14-23(20)17-9-12-22(13-10-17)15-16-5-1-4-8-19(16)25-18-6-2-3-7-18/h1,4-5,8,17-18H,2-3,6-7,9-15H2,(H,21,24). The van der Waals surface area contributed by atoms with Crippen molar-refractivity contribution in [2.24, 2.45) is 0 Å². The van der Waals surface area contributed by atoms with E-state index in [1.807, 2.05) is 4.90 Å². The number of ether oxygens (including phenoxy) is 1. The molecule has 1 saturated carbocycles. The Bertz CT molecular complexity index is 592. The number of amides is 2. The van der Waals surface area contributed by atoms with Crippen molar-refractivity contribution >= 4 is 6.03 Å². The van der Waals surface area contributed by atoms with Gasteiger partial charge in [-0.3, -0.25) is 4.90 Å². The molecule has 0 aromatic heterocycles. The molecule has 5 nitrogen and oxygen atoms in total. The van der Waals surface area contributed by atoms with Crippen LogP contribution < -0.4 is 10.1 Å². The van der Waals surface area contributed by atoms with E-state index in [0.29, 0.717) is 12.1 Å². The first-order valence-electron chi connectivity index (χ1n) is 9.81. The van der Waals surface area contributed by atoms with Crippen LogP contribution in [0.4, 0.5) is 4.79 Å². The lowest BCUT2D eigenvalue weighted by atomic mass is 10.0. The predicted molar refractivity (Wildman–Crippen MR) is 97.7 cm³/mol. The van der Waals surface area contributed by atoms with Crippen LogP contribution in [0.25, 0.3) is 0 Å². The summed E-state index contributed by atoms with van der Waals surface area (Å²) >= 11 is 0. The van der Waals surface area contributed by atoms with Crippen LogP contribution in [-0.2, 0) is 6.54 Å². The van der Waals surface area contributed by atoms with E-state index in [0.717, 1.165) is 51.3 Å². The average molecular weight is 343 g/mol. The van der Waals surface area contributed by atoms with Gasteiger partial charge in [-0.25, -0.2) is 4.79 Å². The number of piperidine rings is 1. The molecule has 4 rings (SSSR count). The molecule has 1 N–H and O–H groups in total. The number of benzene rings is 1. The molecule has 0 bridgehead atoms. The maximum atomic E-state index is 11.8. The minimum Gasteiger partial charge on any atom is -0.490 e. The van der Waals surface area contributed by atoms with E-state index in [1.54, 1.807) is 0 Å². The molecular weight excluding hydrogens is 314 g/mol. The topological polar surface area (TPSA) is 44.8 Å². The number of nitrogens with zero attached hydrogens (tertiary/aromatic N) is 2. The molecule has 2 aliphatic heterocycles. The van der Waals surface area contributed by atoms with Crippen molar-refractivity contribution in [2.75, 3.05) is 26.2 Å². The van der Waals surface area contributed by atoms with Crippen molar-refractivity contribution in [1.29, 1.82) is 0 Å². The summed E-state index contributed by atoms with van der Waals surface area (Å²) in [5.41, 5.74) is 1.30. The highest BCUT2D eigenvalue weighted by Gasteiger charge is 2.30. The summed E-state index contributed by atoms with van der Waals surface area (Å²) < 4.78 is 6.28. The van der Waals surface area contributed by atoms with Gasteiger partial charge in [-0.2, -0.15) is 0 Å². The second kappa shape index (κ2) is 7.65. The first kappa shape index (κ1) is 16.7. The van der Waals surface area contributed by atoms with Crippen molar-refractivity contribution in [3.8, 4) is 5.75 Å². The lowest BCUT2D eigenvalue weighted by Crippen LogP contribution is -2.45. The zero-order chi connectivity index (χ0) is 17.1. The molecule has 0 radical (unpaired) electrons. The van der Waals surface area contributed by atoms with Crippen molar-refractivity contribution < 1.29 is 9.53 Å². The Balaban J connectivity index is 1.33. The smallest absolute Gasteiger partial charge is 0.317 e. The number of carbonyl (C=O) groups is 1. The SMILES string of the molecule is O=C1NCCN1C1CCN(Cc2ccccc2OC2CCCC2)CC1. The normalized spacial score (nSPS) is 23.2. The van der Waals surface area contributed by atoms with Gasteiger partial charge in [0.1, 0.15) is 5.75 Å². The van der Waals surface area contributed by atoms with Crippen LogP contribution in [0.2, 0.25) is 0 Å².